The summed E-state index contributed by atoms with van der Waals surface area (Å²) in [6.07, 6.45) is 0. The first-order valence-electron chi connectivity index (χ1n) is 5.02. The Bertz CT molecular complexity index is 637. The summed E-state index contributed by atoms with van der Waals surface area (Å²) in [5, 5.41) is 12.2. The van der Waals surface area contributed by atoms with Gasteiger partial charge in [0.2, 0.25) is 0 Å². The summed E-state index contributed by atoms with van der Waals surface area (Å²) in [5.41, 5.74) is 1.21. The van der Waals surface area contributed by atoms with Crippen LogP contribution in [0.15, 0.2) is 40.9 Å². The Morgan fingerprint density at radius 2 is 2.06 bits per heavy atom. The number of anilines is 2. The molecule has 2 rings (SSSR count). The number of nitriles is 1. The van der Waals surface area contributed by atoms with Crippen LogP contribution in [0.3, 0.4) is 0 Å². The van der Waals surface area contributed by atoms with Crippen LogP contribution < -0.4 is 5.32 Å². The largest absolute Gasteiger partial charge is 0.353 e. The van der Waals surface area contributed by atoms with Gasteiger partial charge in [-0.25, -0.2) is 4.39 Å². The van der Waals surface area contributed by atoms with Crippen molar-refractivity contribution in [2.75, 3.05) is 5.32 Å². The number of nitrogens with zero attached hydrogens (tertiary/aromatic N) is 1. The monoisotopic (exact) mass is 324 g/mol. The smallest absolute Gasteiger partial charge is 0.162 e. The summed E-state index contributed by atoms with van der Waals surface area (Å²) in [6, 6.07) is 11.9. The van der Waals surface area contributed by atoms with Crippen molar-refractivity contribution in [3.63, 3.8) is 0 Å². The van der Waals surface area contributed by atoms with Gasteiger partial charge in [-0.2, -0.15) is 5.26 Å². The molecule has 0 atom stereocenters. The van der Waals surface area contributed by atoms with Crippen LogP contribution in [0.1, 0.15) is 5.56 Å². The summed E-state index contributed by atoms with van der Waals surface area (Å²) >= 11 is 8.90. The Morgan fingerprint density at radius 3 is 2.72 bits per heavy atom. The van der Waals surface area contributed by atoms with Gasteiger partial charge >= 0.3 is 0 Å². The predicted octanol–water partition coefficient (Wildman–Crippen LogP) is 4.86. The lowest BCUT2D eigenvalue weighted by Gasteiger charge is -2.09. The maximum Gasteiger partial charge on any atom is 0.162 e. The number of nitrogens with one attached hydrogen (secondary N) is 1. The highest BCUT2D eigenvalue weighted by atomic mass is 79.9. The molecule has 0 aromatic heterocycles. The quantitative estimate of drug-likeness (QED) is 0.856. The van der Waals surface area contributed by atoms with E-state index in [0.717, 1.165) is 0 Å². The lowest BCUT2D eigenvalue weighted by atomic mass is 10.2. The molecule has 2 aromatic carbocycles. The number of benzene rings is 2. The first-order chi connectivity index (χ1) is 8.61. The molecule has 0 aliphatic heterocycles. The summed E-state index contributed by atoms with van der Waals surface area (Å²) in [6.45, 7) is 0. The van der Waals surface area contributed by atoms with Crippen molar-refractivity contribution in [1.29, 1.82) is 5.26 Å². The molecule has 0 bridgehead atoms. The molecule has 0 spiro atoms. The van der Waals surface area contributed by atoms with Gasteiger partial charge in [-0.05, 0) is 46.3 Å². The summed E-state index contributed by atoms with van der Waals surface area (Å²) < 4.78 is 14.1. The van der Waals surface area contributed by atoms with E-state index in [4.69, 9.17) is 16.9 Å². The minimum Gasteiger partial charge on any atom is -0.353 e. The van der Waals surface area contributed by atoms with Crippen LogP contribution in [0, 0.1) is 17.1 Å². The minimum absolute atomic E-state index is 0.150. The Labute approximate surface area is 117 Å². The van der Waals surface area contributed by atoms with Gasteiger partial charge in [0, 0.05) is 10.7 Å². The molecule has 5 heteroatoms. The molecule has 0 unspecified atom stereocenters. The van der Waals surface area contributed by atoms with Gasteiger partial charge in [-0.3, -0.25) is 0 Å². The van der Waals surface area contributed by atoms with Crippen molar-refractivity contribution in [1.82, 2.24) is 0 Å². The highest BCUT2D eigenvalue weighted by Gasteiger charge is 2.11. The maximum atomic E-state index is 13.9. The summed E-state index contributed by atoms with van der Waals surface area (Å²) in [7, 11) is 0. The lowest BCUT2D eigenvalue weighted by molar-refractivity contribution is 0.624. The molecule has 18 heavy (non-hydrogen) atoms. The number of rotatable bonds is 2. The normalized spacial score (nSPS) is 9.89. The Balaban J connectivity index is 2.36. The Kier molecular flexibility index (Phi) is 3.85. The SMILES string of the molecule is N#Cc1ccc(Nc2cccc(Cl)c2)c(F)c1Br. The maximum absolute atomic E-state index is 13.9. The van der Waals surface area contributed by atoms with Crippen LogP contribution in [0.2, 0.25) is 5.02 Å². The van der Waals surface area contributed by atoms with Crippen molar-refractivity contribution in [3.8, 4) is 6.07 Å². The van der Waals surface area contributed by atoms with Crippen LogP contribution in [-0.2, 0) is 0 Å². The molecular weight excluding hydrogens is 319 g/mol. The molecule has 0 fully saturated rings. The lowest BCUT2D eigenvalue weighted by Crippen LogP contribution is -1.96. The zero-order chi connectivity index (χ0) is 13.1. The molecule has 1 N–H and O–H groups in total. The van der Waals surface area contributed by atoms with Gasteiger partial charge in [0.1, 0.15) is 6.07 Å². The zero-order valence-electron chi connectivity index (χ0n) is 9.05. The molecule has 0 aliphatic carbocycles. The molecule has 0 saturated heterocycles. The van der Waals surface area contributed by atoms with E-state index >= 15 is 0 Å². The van der Waals surface area contributed by atoms with Crippen LogP contribution in [0.25, 0.3) is 0 Å². The summed E-state index contributed by atoms with van der Waals surface area (Å²) in [5.74, 6) is -0.506. The fourth-order valence-electron chi connectivity index (χ4n) is 1.45. The molecule has 0 saturated carbocycles. The van der Waals surface area contributed by atoms with Crippen molar-refractivity contribution >= 4 is 38.9 Å². The molecule has 2 nitrogen and oxygen atoms in total. The third-order valence-corrected chi connectivity index (χ3v) is 3.32. The molecule has 90 valence electrons. The van der Waals surface area contributed by atoms with E-state index in [9.17, 15) is 4.39 Å². The van der Waals surface area contributed by atoms with E-state index in [0.29, 0.717) is 10.7 Å². The van der Waals surface area contributed by atoms with E-state index in [2.05, 4.69) is 21.2 Å². The third-order valence-electron chi connectivity index (χ3n) is 2.31. The standard InChI is InChI=1S/C13H7BrClFN2/c14-12-8(7-17)4-5-11(13(12)16)18-10-3-1-2-9(15)6-10/h1-6,18H. The van der Waals surface area contributed by atoms with Gasteiger partial charge in [-0.1, -0.05) is 17.7 Å². The molecular formula is C13H7BrClFN2. The first-order valence-corrected chi connectivity index (χ1v) is 6.19. The predicted molar refractivity (Wildman–Crippen MR) is 73.5 cm³/mol. The Hall–Kier alpha value is -1.57. The van der Waals surface area contributed by atoms with E-state index in [1.807, 2.05) is 6.07 Å². The second-order valence-electron chi connectivity index (χ2n) is 3.54. The van der Waals surface area contributed by atoms with E-state index in [-0.39, 0.29) is 15.7 Å². The average Bonchev–Trinajstić information content (AvgIpc) is 2.35. The van der Waals surface area contributed by atoms with Crippen LogP contribution in [-0.4, -0.2) is 0 Å². The van der Waals surface area contributed by atoms with Gasteiger partial charge < -0.3 is 5.32 Å². The molecule has 0 radical (unpaired) electrons. The second-order valence-corrected chi connectivity index (χ2v) is 4.77. The van der Waals surface area contributed by atoms with Crippen LogP contribution in [0.5, 0.6) is 0 Å². The zero-order valence-corrected chi connectivity index (χ0v) is 11.4. The van der Waals surface area contributed by atoms with Gasteiger partial charge in [0.15, 0.2) is 5.82 Å². The fraction of sp³-hybridized carbons (Fsp3) is 0. The molecule has 0 aliphatic rings. The number of halogens is 3. The topological polar surface area (TPSA) is 35.8 Å². The van der Waals surface area contributed by atoms with Crippen molar-refractivity contribution in [2.24, 2.45) is 0 Å². The highest BCUT2D eigenvalue weighted by Crippen LogP contribution is 2.29. The second kappa shape index (κ2) is 5.38. The number of hydrogen-bond acceptors (Lipinski definition) is 2. The minimum atomic E-state index is -0.506. The fourth-order valence-corrected chi connectivity index (χ4v) is 2.08. The van der Waals surface area contributed by atoms with E-state index in [1.165, 1.54) is 6.07 Å². The molecule has 0 amide bonds. The van der Waals surface area contributed by atoms with E-state index < -0.39 is 5.82 Å². The van der Waals surface area contributed by atoms with Gasteiger partial charge in [-0.15, -0.1) is 0 Å². The van der Waals surface area contributed by atoms with Crippen molar-refractivity contribution in [3.05, 3.63) is 57.3 Å². The highest BCUT2D eigenvalue weighted by molar-refractivity contribution is 9.10. The number of hydrogen-bond donors (Lipinski definition) is 1. The third kappa shape index (κ3) is 2.63. The average molecular weight is 326 g/mol. The first kappa shape index (κ1) is 12.9. The Morgan fingerprint density at radius 1 is 1.28 bits per heavy atom. The van der Waals surface area contributed by atoms with Crippen LogP contribution >= 0.6 is 27.5 Å². The van der Waals surface area contributed by atoms with Gasteiger partial charge in [0.05, 0.1) is 15.7 Å². The van der Waals surface area contributed by atoms with Gasteiger partial charge in [0.25, 0.3) is 0 Å². The molecule has 0 heterocycles. The van der Waals surface area contributed by atoms with Crippen LogP contribution in [0.4, 0.5) is 15.8 Å². The summed E-state index contributed by atoms with van der Waals surface area (Å²) in [4.78, 5) is 0. The molecule has 2 aromatic rings. The van der Waals surface area contributed by atoms with E-state index in [1.54, 1.807) is 30.3 Å². The van der Waals surface area contributed by atoms with Crippen molar-refractivity contribution in [2.45, 2.75) is 0 Å². The van der Waals surface area contributed by atoms with Crippen molar-refractivity contribution < 1.29 is 4.39 Å².